The van der Waals surface area contributed by atoms with Crippen LogP contribution in [0.2, 0.25) is 0 Å². The van der Waals surface area contributed by atoms with E-state index < -0.39 is 0 Å². The zero-order valence-electron chi connectivity index (χ0n) is 16.9. The second-order valence-corrected chi connectivity index (χ2v) is 9.31. The van der Waals surface area contributed by atoms with E-state index in [4.69, 9.17) is 0 Å². The molecule has 3 aromatic rings. The number of hydrogen-bond donors (Lipinski definition) is 0. The van der Waals surface area contributed by atoms with Crippen molar-refractivity contribution in [3.05, 3.63) is 47.8 Å². The van der Waals surface area contributed by atoms with E-state index in [1.165, 1.54) is 42.4 Å². The number of thiophene rings is 1. The summed E-state index contributed by atoms with van der Waals surface area (Å²) < 4.78 is 2.21. The van der Waals surface area contributed by atoms with Gasteiger partial charge in [-0.2, -0.15) is 0 Å². The highest BCUT2D eigenvalue weighted by atomic mass is 32.1. The Morgan fingerprint density at radius 1 is 0.966 bits per heavy atom. The molecule has 1 amide bonds. The molecule has 2 fully saturated rings. The Labute approximate surface area is 176 Å². The molecular formula is C24H29N3OS. The summed E-state index contributed by atoms with van der Waals surface area (Å²) in [5.74, 6) is 0.243. The number of hydrogen-bond acceptors (Lipinski definition) is 3. The fourth-order valence-corrected chi connectivity index (χ4v) is 5.78. The van der Waals surface area contributed by atoms with E-state index >= 15 is 0 Å². The van der Waals surface area contributed by atoms with E-state index in [0.717, 1.165) is 43.4 Å². The largest absolute Gasteiger partial charge is 0.339 e. The fourth-order valence-electron chi connectivity index (χ4n) is 5.03. The monoisotopic (exact) mass is 407 g/mol. The Morgan fingerprint density at radius 2 is 1.76 bits per heavy atom. The summed E-state index contributed by atoms with van der Waals surface area (Å²) in [6.07, 6.45) is 6.82. The van der Waals surface area contributed by atoms with E-state index in [0.29, 0.717) is 6.54 Å². The number of fused-ring (bicyclic) bond motifs is 1. The van der Waals surface area contributed by atoms with Crippen molar-refractivity contribution in [3.8, 4) is 10.6 Å². The Bertz CT molecular complexity index is 963. The van der Waals surface area contributed by atoms with Gasteiger partial charge in [0.25, 0.3) is 0 Å². The molecule has 1 aliphatic carbocycles. The maximum Gasteiger partial charge on any atom is 0.242 e. The van der Waals surface area contributed by atoms with Crippen molar-refractivity contribution in [2.45, 2.75) is 44.7 Å². The lowest BCUT2D eigenvalue weighted by atomic mass is 9.94. The van der Waals surface area contributed by atoms with Crippen molar-refractivity contribution >= 4 is 28.1 Å². The summed E-state index contributed by atoms with van der Waals surface area (Å²) in [7, 11) is 0. The minimum absolute atomic E-state index is 0.243. The summed E-state index contributed by atoms with van der Waals surface area (Å²) in [5, 5.41) is 3.30. The van der Waals surface area contributed by atoms with E-state index in [9.17, 15) is 4.79 Å². The number of rotatable bonds is 4. The molecule has 0 N–H and O–H groups in total. The molecule has 0 bridgehead atoms. The highest BCUT2D eigenvalue weighted by Gasteiger charge is 2.27. The SMILES string of the molecule is O=C(Cn1c(-c2cccs2)cc2ccccc21)N1CCN(C2CCCCC2)CC1. The molecule has 3 heterocycles. The van der Waals surface area contributed by atoms with Crippen molar-refractivity contribution in [1.82, 2.24) is 14.4 Å². The molecule has 5 heteroatoms. The summed E-state index contributed by atoms with van der Waals surface area (Å²) in [6, 6.07) is 15.6. The van der Waals surface area contributed by atoms with Crippen molar-refractivity contribution in [2.75, 3.05) is 26.2 Å². The van der Waals surface area contributed by atoms with Gasteiger partial charge in [0, 0.05) is 43.1 Å². The first-order valence-electron chi connectivity index (χ1n) is 10.9. The molecule has 29 heavy (non-hydrogen) atoms. The predicted molar refractivity (Wildman–Crippen MR) is 120 cm³/mol. The zero-order chi connectivity index (χ0) is 19.6. The van der Waals surface area contributed by atoms with Crippen molar-refractivity contribution in [3.63, 3.8) is 0 Å². The van der Waals surface area contributed by atoms with Crippen LogP contribution in [0.4, 0.5) is 0 Å². The normalized spacial score (nSPS) is 19.1. The van der Waals surface area contributed by atoms with Crippen LogP contribution >= 0.6 is 11.3 Å². The number of carbonyl (C=O) groups is 1. The van der Waals surface area contributed by atoms with Gasteiger partial charge in [0.15, 0.2) is 0 Å². The lowest BCUT2D eigenvalue weighted by Gasteiger charge is -2.40. The average molecular weight is 408 g/mol. The van der Waals surface area contributed by atoms with Crippen LogP contribution in [0.5, 0.6) is 0 Å². The molecule has 0 spiro atoms. The third-order valence-electron chi connectivity index (χ3n) is 6.64. The van der Waals surface area contributed by atoms with Crippen LogP contribution in [0, 0.1) is 0 Å². The first-order chi connectivity index (χ1) is 14.3. The molecule has 1 aromatic carbocycles. The standard InChI is InChI=1S/C24H29N3OS/c28-24(26-14-12-25(13-15-26)20-8-2-1-3-9-20)18-27-21-10-5-4-7-19(21)17-22(27)23-11-6-16-29-23/h4-7,10-11,16-17,20H,1-3,8-9,12-15,18H2. The molecule has 1 saturated carbocycles. The number of amides is 1. The van der Waals surface area contributed by atoms with Gasteiger partial charge >= 0.3 is 0 Å². The summed E-state index contributed by atoms with van der Waals surface area (Å²) >= 11 is 1.73. The van der Waals surface area contributed by atoms with Gasteiger partial charge in [-0.1, -0.05) is 43.5 Å². The number of benzene rings is 1. The Kier molecular flexibility index (Phi) is 5.42. The number of carbonyl (C=O) groups excluding carboxylic acids is 1. The van der Waals surface area contributed by atoms with E-state index in [-0.39, 0.29) is 5.91 Å². The van der Waals surface area contributed by atoms with Crippen LogP contribution in [0.15, 0.2) is 47.8 Å². The minimum atomic E-state index is 0.243. The molecule has 2 aliphatic rings. The summed E-state index contributed by atoms with van der Waals surface area (Å²) in [5.41, 5.74) is 2.29. The molecule has 0 unspecified atom stereocenters. The van der Waals surface area contributed by atoms with Crippen LogP contribution in [0.25, 0.3) is 21.5 Å². The first kappa shape index (κ1) is 18.9. The number of para-hydroxylation sites is 1. The quantitative estimate of drug-likeness (QED) is 0.619. The number of piperazine rings is 1. The lowest BCUT2D eigenvalue weighted by molar-refractivity contribution is -0.133. The Balaban J connectivity index is 1.31. The maximum absolute atomic E-state index is 13.2. The topological polar surface area (TPSA) is 28.5 Å². The Morgan fingerprint density at radius 3 is 2.52 bits per heavy atom. The van der Waals surface area contributed by atoms with Crippen LogP contribution < -0.4 is 0 Å². The molecule has 2 aromatic heterocycles. The number of nitrogens with zero attached hydrogens (tertiary/aromatic N) is 3. The zero-order valence-corrected chi connectivity index (χ0v) is 17.7. The third kappa shape index (κ3) is 3.86. The van der Waals surface area contributed by atoms with Gasteiger partial charge in [-0.15, -0.1) is 11.3 Å². The van der Waals surface area contributed by atoms with Crippen LogP contribution in [0.3, 0.4) is 0 Å². The van der Waals surface area contributed by atoms with Gasteiger partial charge < -0.3 is 9.47 Å². The van der Waals surface area contributed by atoms with E-state index in [2.05, 4.69) is 62.2 Å². The molecule has 0 radical (unpaired) electrons. The highest BCUT2D eigenvalue weighted by molar-refractivity contribution is 7.13. The van der Waals surface area contributed by atoms with Crippen molar-refractivity contribution in [2.24, 2.45) is 0 Å². The predicted octanol–water partition coefficient (Wildman–Crippen LogP) is 4.85. The minimum Gasteiger partial charge on any atom is -0.339 e. The van der Waals surface area contributed by atoms with Crippen LogP contribution in [0.1, 0.15) is 32.1 Å². The second kappa shape index (κ2) is 8.33. The van der Waals surface area contributed by atoms with Gasteiger partial charge in [0.1, 0.15) is 6.54 Å². The molecule has 0 atom stereocenters. The summed E-state index contributed by atoms with van der Waals surface area (Å²) in [6.45, 7) is 4.21. The molecule has 1 aliphatic heterocycles. The van der Waals surface area contributed by atoms with Crippen LogP contribution in [-0.4, -0.2) is 52.5 Å². The van der Waals surface area contributed by atoms with Crippen molar-refractivity contribution in [1.29, 1.82) is 0 Å². The average Bonchev–Trinajstić information content (AvgIpc) is 3.43. The number of aromatic nitrogens is 1. The van der Waals surface area contributed by atoms with Gasteiger partial charge in [-0.25, -0.2) is 0 Å². The molecule has 152 valence electrons. The third-order valence-corrected chi connectivity index (χ3v) is 7.53. The first-order valence-corrected chi connectivity index (χ1v) is 11.8. The maximum atomic E-state index is 13.2. The van der Waals surface area contributed by atoms with E-state index in [1.54, 1.807) is 11.3 Å². The highest BCUT2D eigenvalue weighted by Crippen LogP contribution is 2.31. The Hall–Kier alpha value is -2.11. The second-order valence-electron chi connectivity index (χ2n) is 8.36. The van der Waals surface area contributed by atoms with Gasteiger partial charge in [-0.3, -0.25) is 9.69 Å². The fraction of sp³-hybridized carbons (Fsp3) is 0.458. The molecular weight excluding hydrogens is 378 g/mol. The molecule has 1 saturated heterocycles. The van der Waals surface area contributed by atoms with E-state index in [1.807, 2.05) is 0 Å². The van der Waals surface area contributed by atoms with Gasteiger partial charge in [0.2, 0.25) is 5.91 Å². The van der Waals surface area contributed by atoms with Crippen LogP contribution in [-0.2, 0) is 11.3 Å². The van der Waals surface area contributed by atoms with Gasteiger partial charge in [-0.05, 0) is 36.4 Å². The molecule has 5 rings (SSSR count). The molecule has 4 nitrogen and oxygen atoms in total. The lowest BCUT2D eigenvalue weighted by Crippen LogP contribution is -2.52. The van der Waals surface area contributed by atoms with Crippen molar-refractivity contribution < 1.29 is 4.79 Å². The summed E-state index contributed by atoms with van der Waals surface area (Å²) in [4.78, 5) is 19.1. The smallest absolute Gasteiger partial charge is 0.242 e. The van der Waals surface area contributed by atoms with Gasteiger partial charge in [0.05, 0.1) is 10.6 Å².